The van der Waals surface area contributed by atoms with Gasteiger partial charge in [0, 0.05) is 35.9 Å². The maximum absolute atomic E-state index is 11.0. The summed E-state index contributed by atoms with van der Waals surface area (Å²) in [6.07, 6.45) is 1.94. The molecule has 0 fully saturated rings. The summed E-state index contributed by atoms with van der Waals surface area (Å²) in [7, 11) is -0.824. The van der Waals surface area contributed by atoms with E-state index in [-0.39, 0.29) is 12.5 Å². The lowest BCUT2D eigenvalue weighted by atomic mass is 10.4. The Labute approximate surface area is 86.3 Å². The van der Waals surface area contributed by atoms with E-state index >= 15 is 0 Å². The Hall–Kier alpha value is -0.930. The molecule has 0 rings (SSSR count). The van der Waals surface area contributed by atoms with Crippen molar-refractivity contribution >= 4 is 16.7 Å². The average Bonchev–Trinajstić information content (AvgIpc) is 2.13. The minimum atomic E-state index is -0.824. The van der Waals surface area contributed by atoms with E-state index in [0.29, 0.717) is 25.3 Å². The van der Waals surface area contributed by atoms with Crippen LogP contribution in [0, 0.1) is 11.3 Å². The third-order valence-electron chi connectivity index (χ3n) is 1.41. The zero-order valence-corrected chi connectivity index (χ0v) is 9.02. The quantitative estimate of drug-likeness (QED) is 0.535. The normalized spacial score (nSPS) is 11.7. The van der Waals surface area contributed by atoms with Crippen LogP contribution in [0.1, 0.15) is 6.42 Å². The Kier molecular flexibility index (Phi) is 8.08. The third kappa shape index (κ3) is 9.16. The highest BCUT2D eigenvalue weighted by atomic mass is 32.2. The van der Waals surface area contributed by atoms with E-state index in [0.717, 1.165) is 0 Å². The van der Waals surface area contributed by atoms with Crippen LogP contribution in [-0.4, -0.2) is 41.8 Å². The minimum Gasteiger partial charge on any atom is -0.354 e. The van der Waals surface area contributed by atoms with Crippen LogP contribution in [0.15, 0.2) is 0 Å². The summed E-state index contributed by atoms with van der Waals surface area (Å²) in [5.74, 6) is 0.410. The molecule has 1 amide bonds. The average molecular weight is 217 g/mol. The molecule has 0 aromatic heterocycles. The maximum Gasteiger partial charge on any atom is 0.233 e. The van der Waals surface area contributed by atoms with Gasteiger partial charge in [-0.3, -0.25) is 9.00 Å². The Morgan fingerprint density at radius 2 is 2.21 bits per heavy atom. The molecule has 0 spiro atoms. The predicted octanol–water partition coefficient (Wildman–Crippen LogP) is -1.02. The van der Waals surface area contributed by atoms with Crippen molar-refractivity contribution in [1.29, 1.82) is 5.26 Å². The number of hydrogen-bond donors (Lipinski definition) is 2. The number of nitrogens with zero attached hydrogens (tertiary/aromatic N) is 1. The molecule has 1 atom stereocenters. The molecule has 0 heterocycles. The van der Waals surface area contributed by atoms with Gasteiger partial charge in [-0.25, -0.2) is 0 Å². The first kappa shape index (κ1) is 13.1. The van der Waals surface area contributed by atoms with Gasteiger partial charge in [0.15, 0.2) is 0 Å². The topological polar surface area (TPSA) is 82.0 Å². The van der Waals surface area contributed by atoms with Crippen LogP contribution in [0.3, 0.4) is 0 Å². The Balaban J connectivity index is 3.28. The molecule has 0 aliphatic heterocycles. The van der Waals surface area contributed by atoms with Gasteiger partial charge < -0.3 is 10.6 Å². The maximum atomic E-state index is 11.0. The van der Waals surface area contributed by atoms with E-state index in [1.54, 1.807) is 6.26 Å². The van der Waals surface area contributed by atoms with E-state index in [1.165, 1.54) is 0 Å². The molecule has 1 unspecified atom stereocenters. The summed E-state index contributed by atoms with van der Waals surface area (Å²) in [5, 5.41) is 13.6. The second kappa shape index (κ2) is 8.66. The van der Waals surface area contributed by atoms with Gasteiger partial charge in [-0.05, 0) is 0 Å². The van der Waals surface area contributed by atoms with E-state index < -0.39 is 10.8 Å². The van der Waals surface area contributed by atoms with Crippen LogP contribution in [-0.2, 0) is 15.6 Å². The minimum absolute atomic E-state index is 0.137. The van der Waals surface area contributed by atoms with Crippen LogP contribution in [0.5, 0.6) is 0 Å². The summed E-state index contributed by atoms with van der Waals surface area (Å²) in [6.45, 7) is 1.16. The molecular formula is C8H15N3O2S. The van der Waals surface area contributed by atoms with Crippen LogP contribution in [0.25, 0.3) is 0 Å². The van der Waals surface area contributed by atoms with Gasteiger partial charge in [-0.2, -0.15) is 5.26 Å². The molecule has 0 bridgehead atoms. The van der Waals surface area contributed by atoms with Crippen molar-refractivity contribution in [3.05, 3.63) is 0 Å². The monoisotopic (exact) mass is 217 g/mol. The zero-order chi connectivity index (χ0) is 10.8. The standard InChI is InChI=1S/C8H15N3O2S/c1-14(13)6-5-10-7-8(12)11-4-2-3-9/h10H,2,4-7H2,1H3,(H,11,12). The molecule has 0 radical (unpaired) electrons. The lowest BCUT2D eigenvalue weighted by molar-refractivity contribution is -0.120. The van der Waals surface area contributed by atoms with Gasteiger partial charge in [0.05, 0.1) is 19.0 Å². The predicted molar refractivity (Wildman–Crippen MR) is 55.0 cm³/mol. The van der Waals surface area contributed by atoms with Crippen LogP contribution in [0.2, 0.25) is 0 Å². The molecule has 2 N–H and O–H groups in total. The highest BCUT2D eigenvalue weighted by molar-refractivity contribution is 7.84. The number of carbonyl (C=O) groups excluding carboxylic acids is 1. The van der Waals surface area contributed by atoms with E-state index in [2.05, 4.69) is 10.6 Å². The number of carbonyl (C=O) groups is 1. The van der Waals surface area contributed by atoms with E-state index in [9.17, 15) is 9.00 Å². The highest BCUT2D eigenvalue weighted by Gasteiger charge is 1.98. The van der Waals surface area contributed by atoms with Crippen LogP contribution < -0.4 is 10.6 Å². The summed E-state index contributed by atoms with van der Waals surface area (Å²) < 4.78 is 10.6. The smallest absolute Gasteiger partial charge is 0.233 e. The van der Waals surface area contributed by atoms with E-state index in [1.807, 2.05) is 6.07 Å². The number of nitrogens with one attached hydrogen (secondary N) is 2. The summed E-state index contributed by atoms with van der Waals surface area (Å²) in [6, 6.07) is 1.93. The largest absolute Gasteiger partial charge is 0.354 e. The van der Waals surface area contributed by atoms with Crippen molar-refractivity contribution in [3.8, 4) is 6.07 Å². The lowest BCUT2D eigenvalue weighted by Gasteiger charge is -2.03. The first-order chi connectivity index (χ1) is 6.66. The second-order valence-electron chi connectivity index (χ2n) is 2.71. The van der Waals surface area contributed by atoms with Gasteiger partial charge in [0.1, 0.15) is 0 Å². The summed E-state index contributed by atoms with van der Waals surface area (Å²) in [5.41, 5.74) is 0. The molecule has 6 heteroatoms. The van der Waals surface area contributed by atoms with Crippen molar-refractivity contribution in [2.45, 2.75) is 6.42 Å². The van der Waals surface area contributed by atoms with Crippen molar-refractivity contribution in [3.63, 3.8) is 0 Å². The second-order valence-corrected chi connectivity index (χ2v) is 4.27. The number of hydrogen-bond acceptors (Lipinski definition) is 4. The Bertz CT molecular complexity index is 237. The fraction of sp³-hybridized carbons (Fsp3) is 0.750. The van der Waals surface area contributed by atoms with Crippen molar-refractivity contribution in [1.82, 2.24) is 10.6 Å². The first-order valence-corrected chi connectivity index (χ1v) is 6.04. The zero-order valence-electron chi connectivity index (χ0n) is 8.21. The molecule has 80 valence electrons. The molecular weight excluding hydrogens is 202 g/mol. The van der Waals surface area contributed by atoms with Gasteiger partial charge >= 0.3 is 0 Å². The number of nitriles is 1. The molecule has 0 aromatic carbocycles. The van der Waals surface area contributed by atoms with Gasteiger partial charge in [0.2, 0.25) is 5.91 Å². The first-order valence-electron chi connectivity index (χ1n) is 4.31. The van der Waals surface area contributed by atoms with Gasteiger partial charge in [0.25, 0.3) is 0 Å². The highest BCUT2D eigenvalue weighted by Crippen LogP contribution is 1.73. The van der Waals surface area contributed by atoms with Crippen molar-refractivity contribution < 1.29 is 9.00 Å². The molecule has 0 aliphatic rings. The lowest BCUT2D eigenvalue weighted by Crippen LogP contribution is -2.35. The van der Waals surface area contributed by atoms with Gasteiger partial charge in [-0.1, -0.05) is 0 Å². The van der Waals surface area contributed by atoms with Crippen LogP contribution in [0.4, 0.5) is 0 Å². The molecule has 0 aromatic rings. The Morgan fingerprint density at radius 1 is 1.50 bits per heavy atom. The summed E-state index contributed by atoms with van der Waals surface area (Å²) in [4.78, 5) is 11.0. The molecule has 0 saturated heterocycles. The fourth-order valence-electron chi connectivity index (χ4n) is 0.738. The van der Waals surface area contributed by atoms with Gasteiger partial charge in [-0.15, -0.1) is 0 Å². The fourth-order valence-corrected chi connectivity index (χ4v) is 1.17. The molecule has 14 heavy (non-hydrogen) atoms. The third-order valence-corrected chi connectivity index (χ3v) is 2.19. The van der Waals surface area contributed by atoms with E-state index in [4.69, 9.17) is 5.26 Å². The summed E-state index contributed by atoms with van der Waals surface area (Å²) >= 11 is 0. The van der Waals surface area contributed by atoms with Crippen molar-refractivity contribution in [2.24, 2.45) is 0 Å². The number of rotatable bonds is 7. The Morgan fingerprint density at radius 3 is 2.79 bits per heavy atom. The van der Waals surface area contributed by atoms with Crippen LogP contribution >= 0.6 is 0 Å². The molecule has 0 aliphatic carbocycles. The SMILES string of the molecule is CS(=O)CCNCC(=O)NCCC#N. The molecule has 0 saturated carbocycles. The van der Waals surface area contributed by atoms with Crippen molar-refractivity contribution in [2.75, 3.05) is 31.6 Å². The number of amides is 1. The molecule has 5 nitrogen and oxygen atoms in total.